The van der Waals surface area contributed by atoms with Gasteiger partial charge in [-0.3, -0.25) is 9.59 Å². The molecule has 0 aliphatic carbocycles. The van der Waals surface area contributed by atoms with Crippen LogP contribution in [0.2, 0.25) is 0 Å². The molecule has 0 radical (unpaired) electrons. The molecule has 2 aromatic carbocycles. The number of nitrogens with zero attached hydrogens (tertiary/aromatic N) is 2. The zero-order chi connectivity index (χ0) is 17.2. The minimum Gasteiger partial charge on any atom is -0.334 e. The summed E-state index contributed by atoms with van der Waals surface area (Å²) in [7, 11) is 0. The maximum absolute atomic E-state index is 13.0. The summed E-state index contributed by atoms with van der Waals surface area (Å²) in [6.07, 6.45) is 2.71. The van der Waals surface area contributed by atoms with E-state index in [0.717, 1.165) is 19.3 Å². The lowest BCUT2D eigenvalue weighted by Crippen LogP contribution is -2.40. The van der Waals surface area contributed by atoms with Crippen molar-refractivity contribution in [2.45, 2.75) is 25.3 Å². The number of likely N-dealkylation sites (tertiary alicyclic amines) is 1. The third kappa shape index (κ3) is 3.05. The zero-order valence-corrected chi connectivity index (χ0v) is 13.8. The molecule has 25 heavy (non-hydrogen) atoms. The molecule has 1 amide bonds. The molecule has 1 atom stereocenters. The second-order valence-electron chi connectivity index (χ2n) is 6.42. The number of rotatable bonds is 3. The predicted molar refractivity (Wildman–Crippen MR) is 96.6 cm³/mol. The number of carbonyl (C=O) groups excluding carboxylic acids is 1. The van der Waals surface area contributed by atoms with E-state index in [2.05, 4.69) is 22.1 Å². The molecule has 1 N–H and O–H groups in total. The van der Waals surface area contributed by atoms with Gasteiger partial charge in [0, 0.05) is 12.6 Å². The van der Waals surface area contributed by atoms with E-state index in [1.54, 1.807) is 17.0 Å². The van der Waals surface area contributed by atoms with E-state index in [-0.39, 0.29) is 17.6 Å². The Morgan fingerprint density at radius 1 is 1.12 bits per heavy atom. The van der Waals surface area contributed by atoms with Crippen LogP contribution < -0.4 is 5.56 Å². The second-order valence-corrected chi connectivity index (χ2v) is 6.42. The van der Waals surface area contributed by atoms with E-state index in [4.69, 9.17) is 0 Å². The van der Waals surface area contributed by atoms with Crippen molar-refractivity contribution in [3.8, 4) is 0 Å². The van der Waals surface area contributed by atoms with Crippen molar-refractivity contribution < 1.29 is 4.79 Å². The lowest BCUT2D eigenvalue weighted by atomic mass is 10.0. The van der Waals surface area contributed by atoms with Crippen molar-refractivity contribution >= 4 is 16.9 Å². The van der Waals surface area contributed by atoms with Crippen LogP contribution in [0.15, 0.2) is 59.4 Å². The van der Waals surface area contributed by atoms with Gasteiger partial charge in [0.1, 0.15) is 0 Å². The number of H-pyrrole nitrogens is 1. The molecular weight excluding hydrogens is 314 g/mol. The maximum atomic E-state index is 13.0. The van der Waals surface area contributed by atoms with Gasteiger partial charge in [0.25, 0.3) is 11.5 Å². The van der Waals surface area contributed by atoms with Gasteiger partial charge in [-0.1, -0.05) is 42.5 Å². The summed E-state index contributed by atoms with van der Waals surface area (Å²) in [5.74, 6) is -0.273. The Balaban J connectivity index is 1.63. The number of hydrogen-bond donors (Lipinski definition) is 1. The van der Waals surface area contributed by atoms with Crippen molar-refractivity contribution in [1.82, 2.24) is 14.9 Å². The monoisotopic (exact) mass is 333 g/mol. The predicted octanol–water partition coefficient (Wildman–Crippen LogP) is 2.77. The van der Waals surface area contributed by atoms with Crippen LogP contribution in [0.3, 0.4) is 0 Å². The third-order valence-corrected chi connectivity index (χ3v) is 4.75. The highest BCUT2D eigenvalue weighted by molar-refractivity contribution is 5.94. The standard InChI is InChI=1S/C20H19N3O2/c24-19-18(21-16-10-4-5-11-17(16)22-19)20(25)23-12-6-9-15(23)13-14-7-2-1-3-8-14/h1-5,7-8,10-11,15H,6,9,12-13H2,(H,22,24). The largest absolute Gasteiger partial charge is 0.334 e. The van der Waals surface area contributed by atoms with Gasteiger partial charge in [-0.25, -0.2) is 4.98 Å². The van der Waals surface area contributed by atoms with Gasteiger partial charge < -0.3 is 9.88 Å². The molecule has 1 aromatic heterocycles. The number of nitrogens with one attached hydrogen (secondary N) is 1. The molecule has 2 heterocycles. The number of aromatic amines is 1. The van der Waals surface area contributed by atoms with Crippen molar-refractivity contribution in [3.63, 3.8) is 0 Å². The van der Waals surface area contributed by atoms with Crippen molar-refractivity contribution in [3.05, 3.63) is 76.2 Å². The zero-order valence-electron chi connectivity index (χ0n) is 13.8. The molecule has 126 valence electrons. The Hall–Kier alpha value is -2.95. The summed E-state index contributed by atoms with van der Waals surface area (Å²) in [5.41, 5.74) is 2.04. The lowest BCUT2D eigenvalue weighted by Gasteiger charge is -2.24. The van der Waals surface area contributed by atoms with Crippen LogP contribution in [0, 0.1) is 0 Å². The maximum Gasteiger partial charge on any atom is 0.280 e. The molecule has 0 saturated carbocycles. The summed E-state index contributed by atoms with van der Waals surface area (Å²) in [4.78, 5) is 34.2. The molecule has 1 aliphatic rings. The van der Waals surface area contributed by atoms with Gasteiger partial charge in [-0.05, 0) is 37.0 Å². The Labute approximate surface area is 145 Å². The van der Waals surface area contributed by atoms with Crippen LogP contribution in [0.5, 0.6) is 0 Å². The Morgan fingerprint density at radius 2 is 1.88 bits per heavy atom. The van der Waals surface area contributed by atoms with E-state index in [0.29, 0.717) is 17.6 Å². The van der Waals surface area contributed by atoms with Crippen molar-refractivity contribution in [2.24, 2.45) is 0 Å². The summed E-state index contributed by atoms with van der Waals surface area (Å²) >= 11 is 0. The van der Waals surface area contributed by atoms with Gasteiger partial charge in [0.05, 0.1) is 11.0 Å². The molecule has 5 heteroatoms. The van der Waals surface area contributed by atoms with Gasteiger partial charge in [-0.2, -0.15) is 0 Å². The fourth-order valence-corrected chi connectivity index (χ4v) is 3.51. The number of benzene rings is 2. The molecule has 1 aliphatic heterocycles. The number of aromatic nitrogens is 2. The van der Waals surface area contributed by atoms with E-state index >= 15 is 0 Å². The highest BCUT2D eigenvalue weighted by atomic mass is 16.2. The molecular formula is C20H19N3O2. The molecule has 3 aromatic rings. The molecule has 0 spiro atoms. The summed E-state index contributed by atoms with van der Waals surface area (Å²) < 4.78 is 0. The van der Waals surface area contributed by atoms with E-state index in [1.807, 2.05) is 30.3 Å². The highest BCUT2D eigenvalue weighted by Gasteiger charge is 2.31. The Morgan fingerprint density at radius 3 is 2.72 bits per heavy atom. The quantitative estimate of drug-likeness (QED) is 0.801. The first-order valence-electron chi connectivity index (χ1n) is 8.56. The van der Waals surface area contributed by atoms with Crippen LogP contribution in [0.1, 0.15) is 28.9 Å². The Bertz CT molecular complexity index is 965. The summed E-state index contributed by atoms with van der Waals surface area (Å²) in [6.45, 7) is 0.671. The summed E-state index contributed by atoms with van der Waals surface area (Å²) in [6, 6.07) is 17.5. The topological polar surface area (TPSA) is 66.1 Å². The SMILES string of the molecule is O=C(c1nc2ccccc2[nH]c1=O)N1CCCC1Cc1ccccc1. The van der Waals surface area contributed by atoms with E-state index < -0.39 is 5.56 Å². The molecule has 1 unspecified atom stereocenters. The minimum atomic E-state index is -0.422. The Kier molecular flexibility index (Phi) is 4.06. The van der Waals surface area contributed by atoms with Gasteiger partial charge >= 0.3 is 0 Å². The summed E-state index contributed by atoms with van der Waals surface area (Å²) in [5, 5.41) is 0. The van der Waals surface area contributed by atoms with Crippen molar-refractivity contribution in [2.75, 3.05) is 6.54 Å². The number of carbonyl (C=O) groups is 1. The average Bonchev–Trinajstić information content (AvgIpc) is 3.09. The van der Waals surface area contributed by atoms with Crippen LogP contribution >= 0.6 is 0 Å². The second kappa shape index (κ2) is 6.51. The first-order valence-corrected chi connectivity index (χ1v) is 8.56. The molecule has 5 nitrogen and oxygen atoms in total. The number of fused-ring (bicyclic) bond motifs is 1. The minimum absolute atomic E-state index is 0.0151. The molecule has 1 saturated heterocycles. The van der Waals surface area contributed by atoms with Crippen LogP contribution in [0.4, 0.5) is 0 Å². The lowest BCUT2D eigenvalue weighted by molar-refractivity contribution is 0.0729. The molecule has 4 rings (SSSR count). The fraction of sp³-hybridized carbons (Fsp3) is 0.250. The van der Waals surface area contributed by atoms with Gasteiger partial charge in [-0.15, -0.1) is 0 Å². The first kappa shape index (κ1) is 15.6. The van der Waals surface area contributed by atoms with Crippen LogP contribution in [-0.2, 0) is 6.42 Å². The van der Waals surface area contributed by atoms with Gasteiger partial charge in [0.15, 0.2) is 5.69 Å². The van der Waals surface area contributed by atoms with Crippen LogP contribution in [0.25, 0.3) is 11.0 Å². The van der Waals surface area contributed by atoms with E-state index in [9.17, 15) is 9.59 Å². The third-order valence-electron chi connectivity index (χ3n) is 4.75. The first-order chi connectivity index (χ1) is 12.2. The van der Waals surface area contributed by atoms with Crippen LogP contribution in [-0.4, -0.2) is 33.4 Å². The number of amides is 1. The fourth-order valence-electron chi connectivity index (χ4n) is 3.51. The molecule has 0 bridgehead atoms. The normalized spacial score (nSPS) is 17.1. The van der Waals surface area contributed by atoms with Crippen molar-refractivity contribution in [1.29, 1.82) is 0 Å². The van der Waals surface area contributed by atoms with E-state index in [1.165, 1.54) is 5.56 Å². The number of para-hydroxylation sites is 2. The number of hydrogen-bond acceptors (Lipinski definition) is 3. The average molecular weight is 333 g/mol. The molecule has 1 fully saturated rings. The van der Waals surface area contributed by atoms with Gasteiger partial charge in [0.2, 0.25) is 0 Å². The smallest absolute Gasteiger partial charge is 0.280 e. The highest BCUT2D eigenvalue weighted by Crippen LogP contribution is 2.22.